The van der Waals surface area contributed by atoms with Gasteiger partial charge in [0.15, 0.2) is 11.6 Å². The number of nitrogens with zero attached hydrogens (tertiary/aromatic N) is 2. The summed E-state index contributed by atoms with van der Waals surface area (Å²) in [6.07, 6.45) is 1.44. The molecule has 0 fully saturated rings. The van der Waals surface area contributed by atoms with Gasteiger partial charge in [-0.15, -0.1) is 0 Å². The quantitative estimate of drug-likeness (QED) is 0.544. The fourth-order valence-corrected chi connectivity index (χ4v) is 3.95. The van der Waals surface area contributed by atoms with Crippen LogP contribution in [-0.2, 0) is 26.2 Å². The molecule has 2 atom stereocenters. The first kappa shape index (κ1) is 27.2. The number of benzene rings is 2. The van der Waals surface area contributed by atoms with Crippen molar-refractivity contribution in [2.75, 3.05) is 17.1 Å². The fourth-order valence-electron chi connectivity index (χ4n) is 3.11. The smallest absolute Gasteiger partial charge is 0.244 e. The average Bonchev–Trinajstić information content (AvgIpc) is 2.77. The molecular formula is C23H28F3N3O4S. The second-order valence-electron chi connectivity index (χ2n) is 7.97. The molecule has 0 heterocycles. The van der Waals surface area contributed by atoms with Gasteiger partial charge in [-0.25, -0.2) is 21.6 Å². The van der Waals surface area contributed by atoms with Crippen LogP contribution in [0.4, 0.5) is 18.9 Å². The minimum Gasteiger partial charge on any atom is -0.352 e. The Kier molecular flexibility index (Phi) is 9.08. The monoisotopic (exact) mass is 499 g/mol. The Labute approximate surface area is 197 Å². The second-order valence-corrected chi connectivity index (χ2v) is 9.88. The lowest BCUT2D eigenvalue weighted by atomic mass is 10.1. The molecule has 0 aliphatic heterocycles. The van der Waals surface area contributed by atoms with Crippen LogP contribution in [0.15, 0.2) is 42.5 Å². The Hall–Kier alpha value is -3.08. The van der Waals surface area contributed by atoms with Gasteiger partial charge in [-0.05, 0) is 38.5 Å². The van der Waals surface area contributed by atoms with Crippen LogP contribution in [0.3, 0.4) is 0 Å². The zero-order chi connectivity index (χ0) is 25.6. The Morgan fingerprint density at radius 3 is 2.21 bits per heavy atom. The molecule has 1 N–H and O–H groups in total. The predicted octanol–water partition coefficient (Wildman–Crippen LogP) is 3.20. The van der Waals surface area contributed by atoms with E-state index in [1.165, 1.54) is 25.1 Å². The highest BCUT2D eigenvalue weighted by Gasteiger charge is 2.31. The summed E-state index contributed by atoms with van der Waals surface area (Å²) in [6, 6.07) is 6.84. The molecule has 2 aromatic carbocycles. The van der Waals surface area contributed by atoms with Crippen LogP contribution in [0.25, 0.3) is 0 Å². The summed E-state index contributed by atoms with van der Waals surface area (Å²) >= 11 is 0. The third-order valence-corrected chi connectivity index (χ3v) is 6.48. The van der Waals surface area contributed by atoms with Crippen LogP contribution in [0, 0.1) is 17.5 Å². The SMILES string of the molecule is CCC(C)NC(=O)C(C)N(Cc1ccccc1F)C(=O)CN(c1ccc(F)c(F)c1)S(C)(=O)=O. The number of nitrogens with one attached hydrogen (secondary N) is 1. The van der Waals surface area contributed by atoms with Crippen LogP contribution in [0.1, 0.15) is 32.8 Å². The molecular weight excluding hydrogens is 471 g/mol. The lowest BCUT2D eigenvalue weighted by Crippen LogP contribution is -2.52. The van der Waals surface area contributed by atoms with E-state index in [4.69, 9.17) is 0 Å². The first-order valence-corrected chi connectivity index (χ1v) is 12.5. The first-order valence-electron chi connectivity index (χ1n) is 10.6. The van der Waals surface area contributed by atoms with Gasteiger partial charge in [-0.2, -0.15) is 0 Å². The Morgan fingerprint density at radius 1 is 1.00 bits per heavy atom. The fraction of sp³-hybridized carbons (Fsp3) is 0.391. The summed E-state index contributed by atoms with van der Waals surface area (Å²) in [7, 11) is -4.10. The van der Waals surface area contributed by atoms with Crippen molar-refractivity contribution in [1.29, 1.82) is 0 Å². The minimum atomic E-state index is -4.10. The number of carbonyl (C=O) groups excluding carboxylic acids is 2. The van der Waals surface area contributed by atoms with Crippen molar-refractivity contribution in [3.8, 4) is 0 Å². The molecule has 7 nitrogen and oxygen atoms in total. The maximum atomic E-state index is 14.3. The number of carbonyl (C=O) groups is 2. The van der Waals surface area contributed by atoms with Crippen LogP contribution in [-0.4, -0.2) is 50.0 Å². The van der Waals surface area contributed by atoms with E-state index in [0.29, 0.717) is 16.8 Å². The summed E-state index contributed by atoms with van der Waals surface area (Å²) in [5.74, 6) is -4.40. The van der Waals surface area contributed by atoms with E-state index < -0.39 is 51.9 Å². The number of anilines is 1. The summed E-state index contributed by atoms with van der Waals surface area (Å²) in [4.78, 5) is 27.1. The zero-order valence-electron chi connectivity index (χ0n) is 19.4. The summed E-state index contributed by atoms with van der Waals surface area (Å²) < 4.78 is 66.8. The molecule has 2 rings (SSSR count). The van der Waals surface area contributed by atoms with Crippen molar-refractivity contribution >= 4 is 27.5 Å². The Bertz CT molecular complexity index is 1140. The highest BCUT2D eigenvalue weighted by molar-refractivity contribution is 7.92. The Balaban J connectivity index is 2.42. The number of halogens is 3. The van der Waals surface area contributed by atoms with Gasteiger partial charge in [0.05, 0.1) is 11.9 Å². The molecule has 0 radical (unpaired) electrons. The minimum absolute atomic E-state index is 0.123. The topological polar surface area (TPSA) is 86.8 Å². The lowest BCUT2D eigenvalue weighted by Gasteiger charge is -2.32. The normalized spacial score (nSPS) is 13.1. The highest BCUT2D eigenvalue weighted by Crippen LogP contribution is 2.22. The number of sulfonamides is 1. The standard InChI is InChI=1S/C23H28F3N3O4S/c1-5-15(2)27-23(31)16(3)28(13-17-8-6-7-9-19(17)24)22(30)14-29(34(4,32)33)18-10-11-20(25)21(26)12-18/h6-12,15-16H,5,13-14H2,1-4H3,(H,27,31). The highest BCUT2D eigenvalue weighted by atomic mass is 32.2. The van der Waals surface area contributed by atoms with E-state index in [2.05, 4.69) is 5.32 Å². The van der Waals surface area contributed by atoms with Gasteiger partial charge in [0.2, 0.25) is 21.8 Å². The first-order chi connectivity index (χ1) is 15.8. The number of rotatable bonds is 10. The zero-order valence-corrected chi connectivity index (χ0v) is 20.2. The third-order valence-electron chi connectivity index (χ3n) is 5.34. The molecule has 0 spiro atoms. The van der Waals surface area contributed by atoms with Gasteiger partial charge in [0.25, 0.3) is 0 Å². The van der Waals surface area contributed by atoms with Crippen molar-refractivity contribution in [3.05, 3.63) is 65.5 Å². The molecule has 34 heavy (non-hydrogen) atoms. The molecule has 2 aromatic rings. The second kappa shape index (κ2) is 11.4. The predicted molar refractivity (Wildman–Crippen MR) is 123 cm³/mol. The van der Waals surface area contributed by atoms with E-state index in [9.17, 15) is 31.2 Å². The van der Waals surface area contributed by atoms with Crippen molar-refractivity contribution in [2.45, 2.75) is 45.8 Å². The van der Waals surface area contributed by atoms with Crippen LogP contribution in [0.2, 0.25) is 0 Å². The van der Waals surface area contributed by atoms with E-state index in [0.717, 1.165) is 23.3 Å². The van der Waals surface area contributed by atoms with Gasteiger partial charge >= 0.3 is 0 Å². The molecule has 2 amide bonds. The number of hydrogen-bond donors (Lipinski definition) is 1. The molecule has 186 valence electrons. The molecule has 0 bridgehead atoms. The van der Waals surface area contributed by atoms with E-state index in [1.54, 1.807) is 13.0 Å². The van der Waals surface area contributed by atoms with Crippen molar-refractivity contribution in [3.63, 3.8) is 0 Å². The van der Waals surface area contributed by atoms with Gasteiger partial charge in [-0.1, -0.05) is 25.1 Å². The molecule has 0 aromatic heterocycles. The van der Waals surface area contributed by atoms with Gasteiger partial charge in [0, 0.05) is 24.2 Å². The molecule has 0 saturated heterocycles. The molecule has 0 aliphatic rings. The third kappa shape index (κ3) is 6.96. The summed E-state index contributed by atoms with van der Waals surface area (Å²) in [5, 5.41) is 2.74. The maximum absolute atomic E-state index is 14.3. The van der Waals surface area contributed by atoms with Crippen molar-refractivity contribution in [2.24, 2.45) is 0 Å². The van der Waals surface area contributed by atoms with Crippen LogP contribution in [0.5, 0.6) is 0 Å². The van der Waals surface area contributed by atoms with Gasteiger partial charge < -0.3 is 10.2 Å². The molecule has 0 saturated carbocycles. The lowest BCUT2D eigenvalue weighted by molar-refractivity contribution is -0.139. The largest absolute Gasteiger partial charge is 0.352 e. The Morgan fingerprint density at radius 2 is 1.65 bits per heavy atom. The van der Waals surface area contributed by atoms with E-state index in [1.807, 2.05) is 6.92 Å². The van der Waals surface area contributed by atoms with Gasteiger partial charge in [-0.3, -0.25) is 13.9 Å². The van der Waals surface area contributed by atoms with Crippen molar-refractivity contribution < 1.29 is 31.2 Å². The van der Waals surface area contributed by atoms with E-state index >= 15 is 0 Å². The molecule has 0 aliphatic carbocycles. The summed E-state index contributed by atoms with van der Waals surface area (Å²) in [6.45, 7) is 3.97. The van der Waals surface area contributed by atoms with Crippen molar-refractivity contribution in [1.82, 2.24) is 10.2 Å². The summed E-state index contributed by atoms with van der Waals surface area (Å²) in [5.41, 5.74) is -0.143. The molecule has 2 unspecified atom stereocenters. The molecule has 11 heteroatoms. The maximum Gasteiger partial charge on any atom is 0.244 e. The van der Waals surface area contributed by atoms with Crippen LogP contribution < -0.4 is 9.62 Å². The van der Waals surface area contributed by atoms with E-state index in [-0.39, 0.29) is 23.8 Å². The van der Waals surface area contributed by atoms with Crippen LogP contribution >= 0.6 is 0 Å². The number of hydrogen-bond acceptors (Lipinski definition) is 4. The number of amides is 2. The van der Waals surface area contributed by atoms with Gasteiger partial charge in [0.1, 0.15) is 18.4 Å². The average molecular weight is 500 g/mol.